The van der Waals surface area contributed by atoms with Gasteiger partial charge in [0.15, 0.2) is 0 Å². The molecule has 0 aliphatic heterocycles. The number of ether oxygens (including phenoxy) is 2. The number of rotatable bonds is 29. The van der Waals surface area contributed by atoms with Crippen molar-refractivity contribution in [3.63, 3.8) is 0 Å². The van der Waals surface area contributed by atoms with Crippen molar-refractivity contribution < 1.29 is 37.3 Å². The van der Waals surface area contributed by atoms with Gasteiger partial charge < -0.3 is 18.9 Å². The van der Waals surface area contributed by atoms with Crippen molar-refractivity contribution in [3.8, 4) is 0 Å². The highest BCUT2D eigenvalue weighted by Crippen LogP contribution is 2.43. The Balaban J connectivity index is 3.92. The van der Waals surface area contributed by atoms with Crippen LogP contribution in [0.2, 0.25) is 0 Å². The smallest absolute Gasteiger partial charge is 0.457 e. The third kappa shape index (κ3) is 28.8. The molecular weight excluding hydrogens is 529 g/mol. The lowest BCUT2D eigenvalue weighted by atomic mass is 10.1. The van der Waals surface area contributed by atoms with E-state index in [1.165, 1.54) is 83.5 Å². The minimum absolute atomic E-state index is 0.0874. The summed E-state index contributed by atoms with van der Waals surface area (Å²) in [5.41, 5.74) is 0. The highest BCUT2D eigenvalue weighted by Gasteiger charge is 2.26. The van der Waals surface area contributed by atoms with Crippen molar-refractivity contribution in [2.75, 3.05) is 54.1 Å². The van der Waals surface area contributed by atoms with Gasteiger partial charge in [-0.05, 0) is 38.5 Å². The Hall–Kier alpha value is -0.760. The van der Waals surface area contributed by atoms with Crippen molar-refractivity contribution in [2.45, 2.75) is 129 Å². The van der Waals surface area contributed by atoms with Crippen LogP contribution in [-0.2, 0) is 27.9 Å². The van der Waals surface area contributed by atoms with Gasteiger partial charge in [-0.3, -0.25) is 13.8 Å². The van der Waals surface area contributed by atoms with Crippen LogP contribution in [0, 0.1) is 0 Å². The van der Waals surface area contributed by atoms with Crippen LogP contribution >= 0.6 is 7.82 Å². The first kappa shape index (κ1) is 39.2. The Bertz CT molecular complexity index is 667. The van der Waals surface area contributed by atoms with Gasteiger partial charge in [-0.1, -0.05) is 90.2 Å². The second-order valence-corrected chi connectivity index (χ2v) is 13.3. The summed E-state index contributed by atoms with van der Waals surface area (Å²) < 4.78 is 34.0. The van der Waals surface area contributed by atoms with Crippen molar-refractivity contribution in [2.24, 2.45) is 0 Å². The molecule has 0 rings (SSSR count). The molecule has 0 aromatic heterocycles. The first-order chi connectivity index (χ1) is 19.1. The van der Waals surface area contributed by atoms with Crippen molar-refractivity contribution >= 4 is 13.8 Å². The molecule has 0 saturated carbocycles. The highest BCUT2D eigenvalue weighted by molar-refractivity contribution is 7.47. The van der Waals surface area contributed by atoms with E-state index in [1.54, 1.807) is 0 Å². The van der Waals surface area contributed by atoms with Gasteiger partial charge in [-0.2, -0.15) is 0 Å². The molecule has 0 aliphatic rings. The molecule has 2 unspecified atom stereocenters. The molecule has 0 saturated heterocycles. The minimum atomic E-state index is -4.23. The second kappa shape index (κ2) is 25.9. The molecule has 0 fully saturated rings. The lowest BCUT2D eigenvalue weighted by molar-refractivity contribution is -0.870. The Morgan fingerprint density at radius 1 is 0.750 bits per heavy atom. The normalized spacial score (nSPS) is 14.4. The predicted molar refractivity (Wildman–Crippen MR) is 164 cm³/mol. The molecule has 0 bridgehead atoms. The molecular formula is C31H63NO7P+. The molecule has 0 amide bonds. The van der Waals surface area contributed by atoms with Crippen molar-refractivity contribution in [3.05, 3.63) is 12.2 Å². The van der Waals surface area contributed by atoms with Gasteiger partial charge in [-0.25, -0.2) is 4.57 Å². The Kier molecular flexibility index (Phi) is 25.4. The Morgan fingerprint density at radius 2 is 1.30 bits per heavy atom. The number of carbonyl (C=O) groups excluding carboxylic acids is 1. The summed E-state index contributed by atoms with van der Waals surface area (Å²) in [6.07, 6.45) is 23.8. The van der Waals surface area contributed by atoms with Crippen LogP contribution in [0.3, 0.4) is 0 Å². The molecule has 40 heavy (non-hydrogen) atoms. The summed E-state index contributed by atoms with van der Waals surface area (Å²) in [4.78, 5) is 21.9. The third-order valence-electron chi connectivity index (χ3n) is 6.55. The number of hydrogen-bond acceptors (Lipinski definition) is 6. The van der Waals surface area contributed by atoms with E-state index in [9.17, 15) is 14.3 Å². The van der Waals surface area contributed by atoms with Crippen molar-refractivity contribution in [1.82, 2.24) is 0 Å². The van der Waals surface area contributed by atoms with Crippen LogP contribution in [0.25, 0.3) is 0 Å². The first-order valence-corrected chi connectivity index (χ1v) is 17.4. The van der Waals surface area contributed by atoms with E-state index < -0.39 is 13.9 Å². The van der Waals surface area contributed by atoms with E-state index in [1.807, 2.05) is 28.1 Å². The maximum atomic E-state index is 12.2. The van der Waals surface area contributed by atoms with Crippen LogP contribution in [0.4, 0.5) is 0 Å². The molecule has 238 valence electrons. The average Bonchev–Trinajstić information content (AvgIpc) is 2.87. The van der Waals surface area contributed by atoms with E-state index in [0.29, 0.717) is 24.1 Å². The van der Waals surface area contributed by atoms with Gasteiger partial charge in [0, 0.05) is 13.0 Å². The van der Waals surface area contributed by atoms with Gasteiger partial charge in [0.2, 0.25) is 0 Å². The average molecular weight is 593 g/mol. The Labute approximate surface area is 246 Å². The van der Waals surface area contributed by atoms with Gasteiger partial charge in [-0.15, -0.1) is 0 Å². The van der Waals surface area contributed by atoms with Crippen LogP contribution < -0.4 is 0 Å². The molecule has 0 aromatic rings. The van der Waals surface area contributed by atoms with Crippen molar-refractivity contribution in [1.29, 1.82) is 0 Å². The standard InChI is InChI=1S/C31H62NO7P/c1-6-8-9-10-11-12-13-14-15-16-17-18-19-20-21-22-23-26-36-28-30(39-31(33)24-7-2)29-38-40(34,35)37-27-25-32(3,4)5/h15-16,30H,6-14,17-29H2,1-5H3/p+1/b16-15-. The number of hydrogen-bond donors (Lipinski definition) is 1. The van der Waals surface area contributed by atoms with E-state index >= 15 is 0 Å². The third-order valence-corrected chi connectivity index (χ3v) is 7.53. The van der Waals surface area contributed by atoms with Crippen LogP contribution in [-0.4, -0.2) is 75.6 Å². The molecule has 0 spiro atoms. The minimum Gasteiger partial charge on any atom is -0.457 e. The second-order valence-electron chi connectivity index (χ2n) is 11.8. The number of carbonyl (C=O) groups is 1. The van der Waals surface area contributed by atoms with Gasteiger partial charge in [0.1, 0.15) is 19.3 Å². The predicted octanol–water partition coefficient (Wildman–Crippen LogP) is 7.98. The highest BCUT2D eigenvalue weighted by atomic mass is 31.2. The number of likely N-dealkylation sites (N-methyl/N-ethyl adjacent to an activating group) is 1. The fourth-order valence-corrected chi connectivity index (χ4v) is 4.79. The van der Waals surface area contributed by atoms with Gasteiger partial charge >= 0.3 is 13.8 Å². The Morgan fingerprint density at radius 3 is 1.85 bits per heavy atom. The molecule has 8 nitrogen and oxygen atoms in total. The molecule has 0 radical (unpaired) electrons. The summed E-state index contributed by atoms with van der Waals surface area (Å²) in [5, 5.41) is 0. The zero-order valence-corrected chi connectivity index (χ0v) is 27.5. The van der Waals surface area contributed by atoms with Gasteiger partial charge in [0.05, 0.1) is 34.4 Å². The fourth-order valence-electron chi connectivity index (χ4n) is 4.05. The molecule has 0 aliphatic carbocycles. The summed E-state index contributed by atoms with van der Waals surface area (Å²) in [5.74, 6) is -0.369. The number of phosphoric ester groups is 1. The summed E-state index contributed by atoms with van der Waals surface area (Å²) in [7, 11) is 1.66. The largest absolute Gasteiger partial charge is 0.472 e. The molecule has 2 atom stereocenters. The zero-order valence-electron chi connectivity index (χ0n) is 26.6. The number of phosphoric acid groups is 1. The van der Waals surface area contributed by atoms with E-state index in [-0.39, 0.29) is 32.2 Å². The zero-order chi connectivity index (χ0) is 30.0. The summed E-state index contributed by atoms with van der Waals surface area (Å²) in [6, 6.07) is 0. The molecule has 1 N–H and O–H groups in total. The number of quaternary nitrogens is 1. The number of nitrogens with zero attached hydrogens (tertiary/aromatic N) is 1. The maximum absolute atomic E-state index is 12.2. The fraction of sp³-hybridized carbons (Fsp3) is 0.903. The number of unbranched alkanes of at least 4 members (excludes halogenated alkanes) is 13. The maximum Gasteiger partial charge on any atom is 0.472 e. The van der Waals surface area contributed by atoms with Gasteiger partial charge in [0.25, 0.3) is 0 Å². The lowest BCUT2D eigenvalue weighted by Gasteiger charge is -2.24. The topological polar surface area (TPSA) is 91.3 Å². The SMILES string of the molecule is CCCCCCCCC/C=C\CCCCCCCCOCC(COP(=O)(O)OCC[N+](C)(C)C)OC(=O)CCC. The molecule has 0 heterocycles. The monoisotopic (exact) mass is 592 g/mol. The summed E-state index contributed by atoms with van der Waals surface area (Å²) in [6.45, 7) is 5.23. The van der Waals surface area contributed by atoms with E-state index in [4.69, 9.17) is 18.5 Å². The van der Waals surface area contributed by atoms with Crippen LogP contribution in [0.15, 0.2) is 12.2 Å². The quantitative estimate of drug-likeness (QED) is 0.0309. The molecule has 9 heteroatoms. The number of esters is 1. The number of allylic oxidation sites excluding steroid dienone is 2. The van der Waals surface area contributed by atoms with Crippen LogP contribution in [0.1, 0.15) is 123 Å². The van der Waals surface area contributed by atoms with E-state index in [0.717, 1.165) is 12.8 Å². The lowest BCUT2D eigenvalue weighted by Crippen LogP contribution is -2.37. The summed E-state index contributed by atoms with van der Waals surface area (Å²) >= 11 is 0. The van der Waals surface area contributed by atoms with Crippen LogP contribution in [0.5, 0.6) is 0 Å². The molecule has 0 aromatic carbocycles. The van der Waals surface area contributed by atoms with E-state index in [2.05, 4.69) is 19.1 Å². The first-order valence-electron chi connectivity index (χ1n) is 15.9.